The van der Waals surface area contributed by atoms with Crippen LogP contribution in [0, 0.1) is 5.82 Å². The summed E-state index contributed by atoms with van der Waals surface area (Å²) in [5, 5.41) is 3.15. The number of hydrogen-bond donors (Lipinski definition) is 1. The molecule has 1 aromatic carbocycles. The van der Waals surface area contributed by atoms with Crippen LogP contribution in [0.15, 0.2) is 16.6 Å². The lowest BCUT2D eigenvalue weighted by molar-refractivity contribution is 0.558. The van der Waals surface area contributed by atoms with E-state index in [-0.39, 0.29) is 5.82 Å². The van der Waals surface area contributed by atoms with Crippen molar-refractivity contribution >= 4 is 15.9 Å². The SMILES string of the molecule is Fc1c(Br)ccc2c1CNCC2. The van der Waals surface area contributed by atoms with Crippen LogP contribution in [0.5, 0.6) is 0 Å². The van der Waals surface area contributed by atoms with Crippen molar-refractivity contribution in [1.29, 1.82) is 0 Å². The highest BCUT2D eigenvalue weighted by Crippen LogP contribution is 2.24. The summed E-state index contributed by atoms with van der Waals surface area (Å²) in [5.41, 5.74) is 1.95. The Morgan fingerprint density at radius 3 is 3.08 bits per heavy atom. The van der Waals surface area contributed by atoms with Crippen molar-refractivity contribution in [2.24, 2.45) is 0 Å². The van der Waals surface area contributed by atoms with Crippen LogP contribution in [0.4, 0.5) is 4.39 Å². The van der Waals surface area contributed by atoms with Crippen LogP contribution in [0.25, 0.3) is 0 Å². The van der Waals surface area contributed by atoms with Crippen LogP contribution in [0.1, 0.15) is 11.1 Å². The summed E-state index contributed by atoms with van der Waals surface area (Å²) in [6.45, 7) is 1.61. The number of nitrogens with one attached hydrogen (secondary N) is 1. The topological polar surface area (TPSA) is 12.0 Å². The molecular weight excluding hydrogens is 221 g/mol. The van der Waals surface area contributed by atoms with E-state index in [0.29, 0.717) is 11.0 Å². The zero-order chi connectivity index (χ0) is 8.55. The molecule has 0 unspecified atom stereocenters. The van der Waals surface area contributed by atoms with Gasteiger partial charge in [-0.2, -0.15) is 0 Å². The predicted molar refractivity (Wildman–Crippen MR) is 49.5 cm³/mol. The van der Waals surface area contributed by atoms with Gasteiger partial charge in [0.1, 0.15) is 5.82 Å². The monoisotopic (exact) mass is 229 g/mol. The van der Waals surface area contributed by atoms with Crippen LogP contribution >= 0.6 is 15.9 Å². The molecule has 1 nitrogen and oxygen atoms in total. The molecule has 0 radical (unpaired) electrons. The minimum absolute atomic E-state index is 0.111. The predicted octanol–water partition coefficient (Wildman–Crippen LogP) is 2.23. The van der Waals surface area contributed by atoms with Gasteiger partial charge in [0.15, 0.2) is 0 Å². The van der Waals surface area contributed by atoms with Crippen molar-refractivity contribution < 1.29 is 4.39 Å². The van der Waals surface area contributed by atoms with Crippen molar-refractivity contribution in [3.05, 3.63) is 33.5 Å². The summed E-state index contributed by atoms with van der Waals surface area (Å²) in [4.78, 5) is 0. The van der Waals surface area contributed by atoms with Gasteiger partial charge in [-0.1, -0.05) is 6.07 Å². The third kappa shape index (κ3) is 1.27. The molecule has 0 atom stereocenters. The van der Waals surface area contributed by atoms with Crippen molar-refractivity contribution in [3.63, 3.8) is 0 Å². The summed E-state index contributed by atoms with van der Waals surface area (Å²) >= 11 is 3.17. The maximum atomic E-state index is 13.4. The molecule has 3 heteroatoms. The fourth-order valence-corrected chi connectivity index (χ4v) is 1.87. The smallest absolute Gasteiger partial charge is 0.142 e. The number of hydrogen-bond acceptors (Lipinski definition) is 1. The first-order valence-corrected chi connectivity index (χ1v) is 4.75. The Kier molecular flexibility index (Phi) is 2.15. The maximum Gasteiger partial charge on any atom is 0.142 e. The van der Waals surface area contributed by atoms with Crippen LogP contribution in [-0.2, 0) is 13.0 Å². The van der Waals surface area contributed by atoms with Crippen molar-refractivity contribution in [2.75, 3.05) is 6.54 Å². The normalized spacial score (nSPS) is 15.8. The molecule has 64 valence electrons. The highest BCUT2D eigenvalue weighted by Gasteiger charge is 2.14. The van der Waals surface area contributed by atoms with Gasteiger partial charge in [-0.25, -0.2) is 4.39 Å². The van der Waals surface area contributed by atoms with E-state index >= 15 is 0 Å². The molecule has 12 heavy (non-hydrogen) atoms. The molecule has 0 saturated heterocycles. The second kappa shape index (κ2) is 3.15. The first-order valence-electron chi connectivity index (χ1n) is 3.95. The van der Waals surface area contributed by atoms with Crippen molar-refractivity contribution in [3.8, 4) is 0 Å². The van der Waals surface area contributed by atoms with Crippen LogP contribution in [-0.4, -0.2) is 6.54 Å². The first kappa shape index (κ1) is 8.20. The molecule has 1 aliphatic heterocycles. The molecule has 2 rings (SSSR count). The zero-order valence-corrected chi connectivity index (χ0v) is 8.12. The van der Waals surface area contributed by atoms with Crippen LogP contribution in [0.2, 0.25) is 0 Å². The second-order valence-corrected chi connectivity index (χ2v) is 3.78. The van der Waals surface area contributed by atoms with E-state index in [0.717, 1.165) is 24.1 Å². The van der Waals surface area contributed by atoms with Gasteiger partial charge >= 0.3 is 0 Å². The highest BCUT2D eigenvalue weighted by molar-refractivity contribution is 9.10. The van der Waals surface area contributed by atoms with E-state index in [4.69, 9.17) is 0 Å². The molecule has 0 aliphatic carbocycles. The first-order chi connectivity index (χ1) is 5.79. The van der Waals surface area contributed by atoms with E-state index in [2.05, 4.69) is 21.2 Å². The molecule has 0 aromatic heterocycles. The third-order valence-corrected chi connectivity index (χ3v) is 2.78. The van der Waals surface area contributed by atoms with Crippen molar-refractivity contribution in [2.45, 2.75) is 13.0 Å². The fourth-order valence-electron chi connectivity index (χ4n) is 1.49. The Balaban J connectivity index is 2.54. The van der Waals surface area contributed by atoms with Gasteiger partial charge in [0.25, 0.3) is 0 Å². The van der Waals surface area contributed by atoms with E-state index in [9.17, 15) is 4.39 Å². The molecule has 0 bridgehead atoms. The molecule has 1 aliphatic rings. The van der Waals surface area contributed by atoms with Gasteiger partial charge in [-0.15, -0.1) is 0 Å². The molecule has 1 N–H and O–H groups in total. The fraction of sp³-hybridized carbons (Fsp3) is 0.333. The van der Waals surface area contributed by atoms with Crippen molar-refractivity contribution in [1.82, 2.24) is 5.32 Å². The van der Waals surface area contributed by atoms with Crippen LogP contribution in [0.3, 0.4) is 0 Å². The van der Waals surface area contributed by atoms with Gasteiger partial charge in [-0.3, -0.25) is 0 Å². The molecular formula is C9H9BrFN. The second-order valence-electron chi connectivity index (χ2n) is 2.93. The number of benzene rings is 1. The maximum absolute atomic E-state index is 13.4. The van der Waals surface area contributed by atoms with Gasteiger partial charge in [0.2, 0.25) is 0 Å². The summed E-state index contributed by atoms with van der Waals surface area (Å²) in [7, 11) is 0. The molecule has 0 saturated carbocycles. The zero-order valence-electron chi connectivity index (χ0n) is 6.53. The Bertz CT molecular complexity index is 312. The highest BCUT2D eigenvalue weighted by atomic mass is 79.9. The summed E-state index contributed by atoms with van der Waals surface area (Å²) < 4.78 is 14.0. The van der Waals surface area contributed by atoms with E-state index in [1.165, 1.54) is 0 Å². The number of halogens is 2. The van der Waals surface area contributed by atoms with Gasteiger partial charge in [0, 0.05) is 12.1 Å². The number of rotatable bonds is 0. The summed E-state index contributed by atoms with van der Waals surface area (Å²) in [6, 6.07) is 3.77. The van der Waals surface area contributed by atoms with E-state index in [1.54, 1.807) is 6.07 Å². The van der Waals surface area contributed by atoms with Gasteiger partial charge in [-0.05, 0) is 40.5 Å². The lowest BCUT2D eigenvalue weighted by atomic mass is 10.0. The lowest BCUT2D eigenvalue weighted by Gasteiger charge is -2.17. The average molecular weight is 230 g/mol. The minimum Gasteiger partial charge on any atom is -0.312 e. The molecule has 0 amide bonds. The summed E-state index contributed by atoms with van der Waals surface area (Å²) in [6.07, 6.45) is 0.930. The largest absolute Gasteiger partial charge is 0.312 e. The van der Waals surface area contributed by atoms with Crippen LogP contribution < -0.4 is 5.32 Å². The Hall–Kier alpha value is -0.410. The standard InChI is InChI=1S/C9H9BrFN/c10-8-2-1-6-3-4-12-5-7(6)9(8)11/h1-2,12H,3-5H2. The van der Waals surface area contributed by atoms with Gasteiger partial charge in [0.05, 0.1) is 4.47 Å². The average Bonchev–Trinajstić information content (AvgIpc) is 2.12. The van der Waals surface area contributed by atoms with E-state index in [1.807, 2.05) is 6.07 Å². The quantitative estimate of drug-likeness (QED) is 0.720. The van der Waals surface area contributed by atoms with Gasteiger partial charge < -0.3 is 5.32 Å². The Labute approximate surface area is 79.1 Å². The number of fused-ring (bicyclic) bond motifs is 1. The third-order valence-electron chi connectivity index (χ3n) is 2.17. The molecule has 0 spiro atoms. The molecule has 1 aromatic rings. The Morgan fingerprint density at radius 1 is 1.42 bits per heavy atom. The lowest BCUT2D eigenvalue weighted by Crippen LogP contribution is -2.24. The minimum atomic E-state index is -0.111. The molecule has 0 fully saturated rings. The van der Waals surface area contributed by atoms with E-state index < -0.39 is 0 Å². The summed E-state index contributed by atoms with van der Waals surface area (Å²) in [5.74, 6) is -0.111. The molecule has 1 heterocycles. The Morgan fingerprint density at radius 2 is 2.25 bits per heavy atom.